The fourth-order valence-electron chi connectivity index (χ4n) is 3.45. The van der Waals surface area contributed by atoms with E-state index in [9.17, 15) is 4.79 Å². The first kappa shape index (κ1) is 15.0. The van der Waals surface area contributed by atoms with Crippen LogP contribution in [0.1, 0.15) is 34.8 Å². The van der Waals surface area contributed by atoms with Gasteiger partial charge in [0.15, 0.2) is 0 Å². The maximum atomic E-state index is 12.6. The molecule has 0 fully saturated rings. The van der Waals surface area contributed by atoms with Gasteiger partial charge < -0.3 is 0 Å². The van der Waals surface area contributed by atoms with Gasteiger partial charge in [-0.3, -0.25) is 9.36 Å². The van der Waals surface area contributed by atoms with Crippen molar-refractivity contribution in [3.8, 4) is 0 Å². The van der Waals surface area contributed by atoms with Gasteiger partial charge in [0.2, 0.25) is 0 Å². The van der Waals surface area contributed by atoms with Gasteiger partial charge in [-0.1, -0.05) is 11.6 Å². The minimum Gasteiger partial charge on any atom is -0.298 e. The molecule has 0 amide bonds. The zero-order valence-electron chi connectivity index (χ0n) is 14.0. The van der Waals surface area contributed by atoms with E-state index in [-0.39, 0.29) is 5.56 Å². The normalized spacial score (nSPS) is 13.4. The fraction of sp³-hybridized carbons (Fsp3) is 0.368. The van der Waals surface area contributed by atoms with E-state index < -0.39 is 0 Å². The van der Waals surface area contributed by atoms with Crippen LogP contribution in [0.2, 0.25) is 0 Å². The highest BCUT2D eigenvalue weighted by atomic mass is 16.1. The van der Waals surface area contributed by atoms with E-state index in [1.165, 1.54) is 17.7 Å². The quantitative estimate of drug-likeness (QED) is 0.744. The summed E-state index contributed by atoms with van der Waals surface area (Å²) in [6, 6.07) is 5.76. The Bertz CT molecular complexity index is 991. The van der Waals surface area contributed by atoms with Crippen LogP contribution in [0, 0.1) is 13.8 Å². The molecule has 5 nitrogen and oxygen atoms in total. The number of hydrogen-bond acceptors (Lipinski definition) is 4. The maximum Gasteiger partial charge on any atom is 0.261 e. The molecule has 24 heavy (non-hydrogen) atoms. The molecule has 0 N–H and O–H groups in total. The molecular weight excluding hydrogens is 300 g/mol. The number of aryl methyl sites for hydroxylation is 5. The lowest BCUT2D eigenvalue weighted by Gasteiger charge is -2.09. The van der Waals surface area contributed by atoms with Crippen molar-refractivity contribution in [2.45, 2.75) is 46.1 Å². The number of benzene rings is 1. The van der Waals surface area contributed by atoms with Gasteiger partial charge in [0.05, 0.1) is 17.2 Å². The van der Waals surface area contributed by atoms with Crippen LogP contribution in [0.5, 0.6) is 0 Å². The van der Waals surface area contributed by atoms with Gasteiger partial charge >= 0.3 is 0 Å². The van der Waals surface area contributed by atoms with Gasteiger partial charge in [-0.25, -0.2) is 15.0 Å². The van der Waals surface area contributed by atoms with Crippen molar-refractivity contribution in [3.05, 3.63) is 63.2 Å². The molecule has 0 radical (unpaired) electrons. The summed E-state index contributed by atoms with van der Waals surface area (Å²) < 4.78 is 1.66. The zero-order chi connectivity index (χ0) is 16.7. The van der Waals surface area contributed by atoms with Crippen LogP contribution in [0.3, 0.4) is 0 Å². The number of fused-ring (bicyclic) bond motifs is 2. The molecule has 0 spiro atoms. The average Bonchev–Trinajstić information content (AvgIpc) is 3.04. The Labute approximate surface area is 140 Å². The van der Waals surface area contributed by atoms with Gasteiger partial charge in [-0.05, 0) is 50.8 Å². The van der Waals surface area contributed by atoms with Crippen molar-refractivity contribution in [2.75, 3.05) is 0 Å². The molecule has 122 valence electrons. The SMILES string of the molecule is Cc1ccc2ncn(CCc3nc(C)c4c(n3)CCC4)c(=O)c2c1. The van der Waals surface area contributed by atoms with Gasteiger partial charge in [0.1, 0.15) is 5.82 Å². The van der Waals surface area contributed by atoms with Gasteiger partial charge in [0, 0.05) is 24.4 Å². The first-order valence-electron chi connectivity index (χ1n) is 8.43. The monoisotopic (exact) mass is 320 g/mol. The van der Waals surface area contributed by atoms with Crippen LogP contribution in [-0.2, 0) is 25.8 Å². The number of hydrogen-bond donors (Lipinski definition) is 0. The summed E-state index contributed by atoms with van der Waals surface area (Å²) in [5.41, 5.74) is 5.41. The molecule has 1 aliphatic rings. The predicted molar refractivity (Wildman–Crippen MR) is 93.2 cm³/mol. The average molecular weight is 320 g/mol. The molecule has 2 heterocycles. The third-order valence-electron chi connectivity index (χ3n) is 4.74. The third-order valence-corrected chi connectivity index (χ3v) is 4.74. The molecule has 5 heteroatoms. The lowest BCUT2D eigenvalue weighted by atomic mass is 10.1. The summed E-state index contributed by atoms with van der Waals surface area (Å²) in [6.45, 7) is 4.59. The van der Waals surface area contributed by atoms with Crippen LogP contribution >= 0.6 is 0 Å². The first-order chi connectivity index (χ1) is 11.6. The van der Waals surface area contributed by atoms with E-state index in [4.69, 9.17) is 0 Å². The van der Waals surface area contributed by atoms with Crippen molar-refractivity contribution in [1.82, 2.24) is 19.5 Å². The molecule has 0 unspecified atom stereocenters. The van der Waals surface area contributed by atoms with Crippen molar-refractivity contribution in [1.29, 1.82) is 0 Å². The summed E-state index contributed by atoms with van der Waals surface area (Å²) in [6.07, 6.45) is 5.58. The van der Waals surface area contributed by atoms with E-state index in [2.05, 4.69) is 21.9 Å². The van der Waals surface area contributed by atoms with Gasteiger partial charge in [-0.2, -0.15) is 0 Å². The summed E-state index contributed by atoms with van der Waals surface area (Å²) in [4.78, 5) is 26.3. The molecule has 2 aromatic heterocycles. The van der Waals surface area contributed by atoms with Crippen molar-refractivity contribution < 1.29 is 0 Å². The van der Waals surface area contributed by atoms with Crippen LogP contribution in [0.15, 0.2) is 29.3 Å². The summed E-state index contributed by atoms with van der Waals surface area (Å²) in [5.74, 6) is 0.824. The van der Waals surface area contributed by atoms with Crippen LogP contribution < -0.4 is 5.56 Å². The summed E-state index contributed by atoms with van der Waals surface area (Å²) in [7, 11) is 0. The molecule has 0 bridgehead atoms. The molecule has 0 atom stereocenters. The Balaban J connectivity index is 1.62. The number of aromatic nitrogens is 4. The lowest BCUT2D eigenvalue weighted by Crippen LogP contribution is -2.22. The molecule has 1 aromatic carbocycles. The van der Waals surface area contributed by atoms with E-state index >= 15 is 0 Å². The van der Waals surface area contributed by atoms with Crippen molar-refractivity contribution >= 4 is 10.9 Å². The standard InChI is InChI=1S/C19H20N4O/c1-12-6-7-16-15(10-12)19(24)23(11-20-16)9-8-18-21-13(2)14-4-3-5-17(14)22-18/h6-7,10-11H,3-5,8-9H2,1-2H3. The molecule has 1 aliphatic carbocycles. The second-order valence-corrected chi connectivity index (χ2v) is 6.52. The van der Waals surface area contributed by atoms with Gasteiger partial charge in [-0.15, -0.1) is 0 Å². The molecule has 0 aliphatic heterocycles. The molecular formula is C19H20N4O. The third kappa shape index (κ3) is 2.60. The second-order valence-electron chi connectivity index (χ2n) is 6.52. The van der Waals surface area contributed by atoms with Crippen LogP contribution in [0.25, 0.3) is 10.9 Å². The topological polar surface area (TPSA) is 60.7 Å². The Morgan fingerprint density at radius 2 is 2.04 bits per heavy atom. The van der Waals surface area contributed by atoms with Gasteiger partial charge in [0.25, 0.3) is 5.56 Å². The van der Waals surface area contributed by atoms with E-state index in [1.54, 1.807) is 10.9 Å². The first-order valence-corrected chi connectivity index (χ1v) is 8.43. The molecule has 0 saturated heterocycles. The van der Waals surface area contributed by atoms with Crippen LogP contribution in [-0.4, -0.2) is 19.5 Å². The minimum atomic E-state index is 0.00146. The Morgan fingerprint density at radius 3 is 2.92 bits per heavy atom. The van der Waals surface area contributed by atoms with Crippen LogP contribution in [0.4, 0.5) is 0 Å². The second kappa shape index (κ2) is 5.82. The highest BCUT2D eigenvalue weighted by Gasteiger charge is 2.17. The maximum absolute atomic E-state index is 12.6. The zero-order valence-corrected chi connectivity index (χ0v) is 14.0. The van der Waals surface area contributed by atoms with E-state index in [1.807, 2.05) is 25.1 Å². The molecule has 0 saturated carbocycles. The predicted octanol–water partition coefficient (Wildman–Crippen LogP) is 2.53. The van der Waals surface area contributed by atoms with Crippen molar-refractivity contribution in [3.63, 3.8) is 0 Å². The number of rotatable bonds is 3. The smallest absolute Gasteiger partial charge is 0.261 e. The van der Waals surface area contributed by atoms with E-state index in [0.29, 0.717) is 18.4 Å². The minimum absolute atomic E-state index is 0.00146. The summed E-state index contributed by atoms with van der Waals surface area (Å²) >= 11 is 0. The highest BCUT2D eigenvalue weighted by molar-refractivity contribution is 5.77. The molecule has 3 aromatic rings. The Hall–Kier alpha value is -2.56. The Kier molecular flexibility index (Phi) is 3.63. The largest absolute Gasteiger partial charge is 0.298 e. The van der Waals surface area contributed by atoms with Crippen molar-refractivity contribution in [2.24, 2.45) is 0 Å². The highest BCUT2D eigenvalue weighted by Crippen LogP contribution is 2.22. The number of nitrogens with zero attached hydrogens (tertiary/aromatic N) is 4. The Morgan fingerprint density at radius 1 is 1.17 bits per heavy atom. The summed E-state index contributed by atoms with van der Waals surface area (Å²) in [5, 5.41) is 0.670. The lowest BCUT2D eigenvalue weighted by molar-refractivity contribution is 0.638. The molecule has 4 rings (SSSR count). The van der Waals surface area contributed by atoms with E-state index in [0.717, 1.165) is 35.4 Å². The fourth-order valence-corrected chi connectivity index (χ4v) is 3.45.